The topological polar surface area (TPSA) is 26.7 Å². The van der Waals surface area contributed by atoms with Crippen LogP contribution in [-0.2, 0) is 6.54 Å². The van der Waals surface area contributed by atoms with E-state index in [9.17, 15) is 5.11 Å². The molecule has 1 aromatic rings. The third-order valence-electron chi connectivity index (χ3n) is 4.62. The molecular formula is C17H26N2O. The summed E-state index contributed by atoms with van der Waals surface area (Å²) >= 11 is 0. The van der Waals surface area contributed by atoms with Gasteiger partial charge in [0.2, 0.25) is 0 Å². The van der Waals surface area contributed by atoms with Crippen LogP contribution in [0.5, 0.6) is 0 Å². The molecule has 1 saturated carbocycles. The summed E-state index contributed by atoms with van der Waals surface area (Å²) in [7, 11) is 0. The predicted octanol–water partition coefficient (Wildman–Crippen LogP) is 2.11. The van der Waals surface area contributed by atoms with Gasteiger partial charge in [0.15, 0.2) is 0 Å². The van der Waals surface area contributed by atoms with E-state index in [-0.39, 0.29) is 0 Å². The molecule has 20 heavy (non-hydrogen) atoms. The van der Waals surface area contributed by atoms with Crippen molar-refractivity contribution in [1.82, 2.24) is 9.80 Å². The molecule has 2 aliphatic rings. The number of nitrogens with zero attached hydrogens (tertiary/aromatic N) is 2. The first-order valence-corrected chi connectivity index (χ1v) is 7.99. The van der Waals surface area contributed by atoms with Gasteiger partial charge in [-0.1, -0.05) is 30.3 Å². The standard InChI is InChI=1S/C17H26N2O/c20-12-11-19(16-8-9-16)14-17-7-4-10-18(17)13-15-5-2-1-3-6-15/h1-3,5-6,16-17,20H,4,7-14H2/t17-/m1/s1. The summed E-state index contributed by atoms with van der Waals surface area (Å²) in [5.41, 5.74) is 1.42. The SMILES string of the molecule is OCCN(C[C@H]1CCCN1Cc1ccccc1)C1CC1. The normalized spacial score (nSPS) is 23.6. The Balaban J connectivity index is 1.57. The summed E-state index contributed by atoms with van der Waals surface area (Å²) in [6, 6.07) is 12.2. The third-order valence-corrected chi connectivity index (χ3v) is 4.62. The molecule has 0 radical (unpaired) electrons. The minimum Gasteiger partial charge on any atom is -0.395 e. The molecule has 0 aromatic heterocycles. The number of hydrogen-bond acceptors (Lipinski definition) is 3. The van der Waals surface area contributed by atoms with E-state index in [0.29, 0.717) is 12.6 Å². The highest BCUT2D eigenvalue weighted by molar-refractivity contribution is 5.14. The van der Waals surface area contributed by atoms with Crippen molar-refractivity contribution in [3.05, 3.63) is 35.9 Å². The van der Waals surface area contributed by atoms with E-state index < -0.39 is 0 Å². The lowest BCUT2D eigenvalue weighted by Crippen LogP contribution is -2.42. The van der Waals surface area contributed by atoms with Gasteiger partial charge < -0.3 is 5.11 Å². The number of aliphatic hydroxyl groups is 1. The maximum atomic E-state index is 9.23. The highest BCUT2D eigenvalue weighted by atomic mass is 16.3. The van der Waals surface area contributed by atoms with Gasteiger partial charge >= 0.3 is 0 Å². The van der Waals surface area contributed by atoms with Gasteiger partial charge in [-0.05, 0) is 37.8 Å². The highest BCUT2D eigenvalue weighted by Gasteiger charge is 2.33. The van der Waals surface area contributed by atoms with Crippen LogP contribution in [0, 0.1) is 0 Å². The molecule has 1 aliphatic carbocycles. The number of benzene rings is 1. The van der Waals surface area contributed by atoms with E-state index in [1.807, 2.05) is 0 Å². The van der Waals surface area contributed by atoms with E-state index in [4.69, 9.17) is 0 Å². The van der Waals surface area contributed by atoms with Crippen molar-refractivity contribution in [2.75, 3.05) is 26.2 Å². The molecule has 3 rings (SSSR count). The zero-order chi connectivity index (χ0) is 13.8. The summed E-state index contributed by atoms with van der Waals surface area (Å²) in [6.45, 7) is 4.57. The highest BCUT2D eigenvalue weighted by Crippen LogP contribution is 2.29. The fraction of sp³-hybridized carbons (Fsp3) is 0.647. The van der Waals surface area contributed by atoms with Crippen LogP contribution in [0.3, 0.4) is 0 Å². The molecule has 0 spiro atoms. The molecule has 1 saturated heterocycles. The molecule has 3 heteroatoms. The molecule has 110 valence electrons. The van der Waals surface area contributed by atoms with Crippen molar-refractivity contribution in [2.45, 2.75) is 44.3 Å². The van der Waals surface area contributed by atoms with E-state index >= 15 is 0 Å². The smallest absolute Gasteiger partial charge is 0.0558 e. The van der Waals surface area contributed by atoms with Gasteiger partial charge in [0, 0.05) is 31.7 Å². The van der Waals surface area contributed by atoms with E-state index in [1.54, 1.807) is 0 Å². The zero-order valence-corrected chi connectivity index (χ0v) is 12.2. The number of aliphatic hydroxyl groups excluding tert-OH is 1. The van der Waals surface area contributed by atoms with Crippen LogP contribution >= 0.6 is 0 Å². The van der Waals surface area contributed by atoms with Gasteiger partial charge in [-0.3, -0.25) is 9.80 Å². The quantitative estimate of drug-likeness (QED) is 0.825. The molecule has 2 fully saturated rings. The fourth-order valence-electron chi connectivity index (χ4n) is 3.39. The van der Waals surface area contributed by atoms with Crippen molar-refractivity contribution in [2.24, 2.45) is 0 Å². The van der Waals surface area contributed by atoms with E-state index in [1.165, 1.54) is 37.8 Å². The van der Waals surface area contributed by atoms with E-state index in [0.717, 1.165) is 25.7 Å². The summed E-state index contributed by atoms with van der Waals surface area (Å²) in [4.78, 5) is 5.13. The fourth-order valence-corrected chi connectivity index (χ4v) is 3.39. The van der Waals surface area contributed by atoms with Gasteiger partial charge in [0.25, 0.3) is 0 Å². The molecule has 1 N–H and O–H groups in total. The lowest BCUT2D eigenvalue weighted by molar-refractivity contribution is 0.137. The van der Waals surface area contributed by atoms with Crippen molar-refractivity contribution in [3.8, 4) is 0 Å². The Labute approximate surface area is 122 Å². The molecular weight excluding hydrogens is 248 g/mol. The first-order valence-electron chi connectivity index (χ1n) is 7.99. The average Bonchev–Trinajstić information content (AvgIpc) is 3.23. The molecule has 1 atom stereocenters. The van der Waals surface area contributed by atoms with Crippen LogP contribution in [-0.4, -0.2) is 53.2 Å². The first kappa shape index (κ1) is 14.1. The maximum absolute atomic E-state index is 9.23. The Hall–Kier alpha value is -0.900. The zero-order valence-electron chi connectivity index (χ0n) is 12.2. The Bertz CT molecular complexity index is 405. The summed E-state index contributed by atoms with van der Waals surface area (Å²) in [6.07, 6.45) is 5.27. The van der Waals surface area contributed by atoms with Gasteiger partial charge in [0.05, 0.1) is 6.61 Å². The Morgan fingerprint density at radius 1 is 1.15 bits per heavy atom. The van der Waals surface area contributed by atoms with Crippen LogP contribution in [0.25, 0.3) is 0 Å². The first-order chi connectivity index (χ1) is 9.86. The molecule has 0 unspecified atom stereocenters. The second-order valence-electron chi connectivity index (χ2n) is 6.20. The van der Waals surface area contributed by atoms with Crippen molar-refractivity contribution < 1.29 is 5.11 Å². The molecule has 1 heterocycles. The van der Waals surface area contributed by atoms with Crippen LogP contribution in [0.15, 0.2) is 30.3 Å². The lowest BCUT2D eigenvalue weighted by Gasteiger charge is -2.30. The minimum absolute atomic E-state index is 0.294. The van der Waals surface area contributed by atoms with Crippen LogP contribution in [0.1, 0.15) is 31.2 Å². The van der Waals surface area contributed by atoms with Crippen molar-refractivity contribution >= 4 is 0 Å². The van der Waals surface area contributed by atoms with Crippen molar-refractivity contribution in [1.29, 1.82) is 0 Å². The summed E-state index contributed by atoms with van der Waals surface area (Å²) in [5, 5.41) is 9.23. The molecule has 0 bridgehead atoms. The Morgan fingerprint density at radius 3 is 2.65 bits per heavy atom. The Kier molecular flexibility index (Phi) is 4.71. The van der Waals surface area contributed by atoms with E-state index in [2.05, 4.69) is 40.1 Å². The Morgan fingerprint density at radius 2 is 1.95 bits per heavy atom. The lowest BCUT2D eigenvalue weighted by atomic mass is 10.1. The van der Waals surface area contributed by atoms with Crippen molar-refractivity contribution in [3.63, 3.8) is 0 Å². The van der Waals surface area contributed by atoms with Gasteiger partial charge in [-0.25, -0.2) is 0 Å². The molecule has 0 amide bonds. The van der Waals surface area contributed by atoms with Gasteiger partial charge in [0.1, 0.15) is 0 Å². The van der Waals surface area contributed by atoms with Crippen LogP contribution in [0.4, 0.5) is 0 Å². The monoisotopic (exact) mass is 274 g/mol. The third kappa shape index (κ3) is 3.60. The molecule has 1 aromatic carbocycles. The minimum atomic E-state index is 0.294. The number of rotatable bonds is 7. The second kappa shape index (κ2) is 6.70. The second-order valence-corrected chi connectivity index (χ2v) is 6.20. The summed E-state index contributed by atoms with van der Waals surface area (Å²) < 4.78 is 0. The number of hydrogen-bond donors (Lipinski definition) is 1. The maximum Gasteiger partial charge on any atom is 0.0558 e. The summed E-state index contributed by atoms with van der Waals surface area (Å²) in [5.74, 6) is 0. The van der Waals surface area contributed by atoms with Gasteiger partial charge in [-0.15, -0.1) is 0 Å². The number of likely N-dealkylation sites (tertiary alicyclic amines) is 1. The van der Waals surface area contributed by atoms with Crippen LogP contribution in [0.2, 0.25) is 0 Å². The molecule has 3 nitrogen and oxygen atoms in total. The largest absolute Gasteiger partial charge is 0.395 e. The predicted molar refractivity (Wildman–Crippen MR) is 81.6 cm³/mol. The van der Waals surface area contributed by atoms with Gasteiger partial charge in [-0.2, -0.15) is 0 Å². The van der Waals surface area contributed by atoms with Crippen LogP contribution < -0.4 is 0 Å². The average molecular weight is 274 g/mol. The molecule has 1 aliphatic heterocycles.